The van der Waals surface area contributed by atoms with Gasteiger partial charge in [0.05, 0.1) is 31.4 Å². The highest BCUT2D eigenvalue weighted by molar-refractivity contribution is 6.35. The quantitative estimate of drug-likeness (QED) is 0.261. The molecule has 1 aromatic carbocycles. The van der Waals surface area contributed by atoms with Crippen LogP contribution in [0.2, 0.25) is 10.0 Å². The summed E-state index contributed by atoms with van der Waals surface area (Å²) >= 11 is 12.4. The van der Waals surface area contributed by atoms with Crippen LogP contribution in [0.3, 0.4) is 0 Å². The zero-order valence-corrected chi connectivity index (χ0v) is 16.1. The first-order valence-electron chi connectivity index (χ1n) is 8.23. The van der Waals surface area contributed by atoms with Gasteiger partial charge in [0, 0.05) is 23.0 Å². The van der Waals surface area contributed by atoms with Crippen LogP contribution in [0.25, 0.3) is 0 Å². The van der Waals surface area contributed by atoms with Crippen molar-refractivity contribution in [2.24, 2.45) is 0 Å². The molecular formula is C17H17Cl2N3O6. The zero-order chi connectivity index (χ0) is 20.1. The second kappa shape index (κ2) is 8.89. The van der Waals surface area contributed by atoms with Gasteiger partial charge in [0.1, 0.15) is 6.10 Å². The van der Waals surface area contributed by atoms with Gasteiger partial charge in [-0.25, -0.2) is 9.82 Å². The first-order chi connectivity index (χ1) is 13.4. The maximum atomic E-state index is 10.7. The second-order valence-corrected chi connectivity index (χ2v) is 6.75. The van der Waals surface area contributed by atoms with Gasteiger partial charge in [0.2, 0.25) is 5.79 Å². The first-order valence-corrected chi connectivity index (χ1v) is 8.98. The Labute approximate surface area is 170 Å². The summed E-state index contributed by atoms with van der Waals surface area (Å²) in [6, 6.07) is 4.69. The smallest absolute Gasteiger partial charge is 0.302 e. The standard InChI is InChI=1S/C17H17Cl2N3O6/c1-2-7-25-9-13-10-26-17(27-13,14-4-3-12(18)8-15(14)19)11-21-6-5-20-16(21)28-22(23)24/h2-6,8,13H,1,7,9-11H2. The molecule has 0 aliphatic carbocycles. The Morgan fingerprint density at radius 2 is 2.32 bits per heavy atom. The number of imidazole rings is 1. The number of nitrogens with zero attached hydrogens (tertiary/aromatic N) is 3. The summed E-state index contributed by atoms with van der Waals surface area (Å²) in [5.74, 6) is -1.33. The third-order valence-electron chi connectivity index (χ3n) is 3.95. The Kier molecular flexibility index (Phi) is 6.53. The number of ether oxygens (including phenoxy) is 3. The molecule has 3 rings (SSSR count). The number of halogens is 2. The Balaban J connectivity index is 1.91. The van der Waals surface area contributed by atoms with Crippen LogP contribution in [-0.4, -0.2) is 40.6 Å². The third-order valence-corrected chi connectivity index (χ3v) is 4.50. The molecule has 11 heteroatoms. The highest BCUT2D eigenvalue weighted by atomic mass is 35.5. The lowest BCUT2D eigenvalue weighted by Crippen LogP contribution is -2.34. The molecule has 9 nitrogen and oxygen atoms in total. The molecule has 2 atom stereocenters. The van der Waals surface area contributed by atoms with E-state index < -0.39 is 10.9 Å². The lowest BCUT2D eigenvalue weighted by atomic mass is 10.1. The van der Waals surface area contributed by atoms with Crippen LogP contribution >= 0.6 is 23.2 Å². The van der Waals surface area contributed by atoms with Crippen molar-refractivity contribution in [3.05, 3.63) is 69.0 Å². The van der Waals surface area contributed by atoms with Gasteiger partial charge < -0.3 is 18.8 Å². The lowest BCUT2D eigenvalue weighted by molar-refractivity contribution is -0.713. The highest BCUT2D eigenvalue weighted by Gasteiger charge is 2.45. The van der Waals surface area contributed by atoms with Gasteiger partial charge in [-0.2, -0.15) is 0 Å². The molecule has 150 valence electrons. The molecule has 0 bridgehead atoms. The first kappa shape index (κ1) is 20.6. The van der Waals surface area contributed by atoms with E-state index in [0.29, 0.717) is 22.2 Å². The number of benzene rings is 1. The van der Waals surface area contributed by atoms with Crippen LogP contribution in [0.1, 0.15) is 5.56 Å². The molecule has 0 spiro atoms. The topological polar surface area (TPSA) is 97.9 Å². The van der Waals surface area contributed by atoms with E-state index in [0.717, 1.165) is 0 Å². The van der Waals surface area contributed by atoms with Crippen LogP contribution in [-0.2, 0) is 26.5 Å². The van der Waals surface area contributed by atoms with E-state index in [1.54, 1.807) is 24.3 Å². The predicted octanol–water partition coefficient (Wildman–Crippen LogP) is 3.23. The molecule has 1 saturated heterocycles. The lowest BCUT2D eigenvalue weighted by Gasteiger charge is -2.30. The van der Waals surface area contributed by atoms with Gasteiger partial charge in [-0.3, -0.25) is 0 Å². The molecule has 28 heavy (non-hydrogen) atoms. The molecule has 2 aromatic rings. The molecule has 0 radical (unpaired) electrons. The minimum atomic E-state index is -1.33. The van der Waals surface area contributed by atoms with Gasteiger partial charge >= 0.3 is 5.09 Å². The summed E-state index contributed by atoms with van der Waals surface area (Å²) in [5, 5.41) is 10.5. The Hall–Kier alpha value is -2.17. The maximum Gasteiger partial charge on any atom is 0.302 e. The summed E-state index contributed by atoms with van der Waals surface area (Å²) in [5.41, 5.74) is 0.519. The molecule has 1 fully saturated rings. The van der Waals surface area contributed by atoms with Crippen molar-refractivity contribution in [1.29, 1.82) is 0 Å². The van der Waals surface area contributed by atoms with E-state index in [1.165, 1.54) is 17.0 Å². The van der Waals surface area contributed by atoms with Crippen molar-refractivity contribution in [3.8, 4) is 6.01 Å². The Morgan fingerprint density at radius 1 is 1.50 bits per heavy atom. The summed E-state index contributed by atoms with van der Waals surface area (Å²) in [6.07, 6.45) is 4.13. The summed E-state index contributed by atoms with van der Waals surface area (Å²) in [7, 11) is 0. The summed E-state index contributed by atoms with van der Waals surface area (Å²) in [4.78, 5) is 19.0. The van der Waals surface area contributed by atoms with Crippen molar-refractivity contribution in [2.75, 3.05) is 19.8 Å². The maximum absolute atomic E-state index is 10.7. The molecule has 1 aliphatic rings. The SMILES string of the molecule is C=CCOCC1COC(Cn2ccnc2O[N+](=O)[O-])(c2ccc(Cl)cc2Cl)O1. The van der Waals surface area contributed by atoms with Gasteiger partial charge in [0.15, 0.2) is 0 Å². The van der Waals surface area contributed by atoms with Crippen molar-refractivity contribution in [3.63, 3.8) is 0 Å². The number of hydrogen-bond acceptors (Lipinski definition) is 7. The van der Waals surface area contributed by atoms with Crippen molar-refractivity contribution in [1.82, 2.24) is 9.55 Å². The molecule has 2 unspecified atom stereocenters. The largest absolute Gasteiger partial charge is 0.375 e. The number of aromatic nitrogens is 2. The minimum absolute atomic E-state index is 0.00941. The summed E-state index contributed by atoms with van der Waals surface area (Å²) in [6.45, 7) is 4.49. The van der Waals surface area contributed by atoms with E-state index in [-0.39, 0.29) is 31.9 Å². The molecule has 1 aromatic heterocycles. The van der Waals surface area contributed by atoms with E-state index >= 15 is 0 Å². The van der Waals surface area contributed by atoms with Gasteiger partial charge in [-0.05, 0) is 12.1 Å². The predicted molar refractivity (Wildman–Crippen MR) is 99.8 cm³/mol. The third kappa shape index (κ3) is 4.62. The van der Waals surface area contributed by atoms with Crippen molar-refractivity contribution < 1.29 is 24.1 Å². The van der Waals surface area contributed by atoms with Crippen molar-refractivity contribution in [2.45, 2.75) is 18.4 Å². The van der Waals surface area contributed by atoms with E-state index in [1.807, 2.05) is 0 Å². The molecule has 0 saturated carbocycles. The average Bonchev–Trinajstić information content (AvgIpc) is 3.23. The summed E-state index contributed by atoms with van der Waals surface area (Å²) < 4.78 is 19.0. The Bertz CT molecular complexity index is 861. The van der Waals surface area contributed by atoms with Crippen LogP contribution in [0.15, 0.2) is 43.2 Å². The average molecular weight is 430 g/mol. The van der Waals surface area contributed by atoms with E-state index in [4.69, 9.17) is 37.4 Å². The van der Waals surface area contributed by atoms with Gasteiger partial charge in [-0.1, -0.05) is 35.3 Å². The molecule has 2 heterocycles. The normalized spacial score (nSPS) is 21.6. The van der Waals surface area contributed by atoms with E-state index in [9.17, 15) is 10.1 Å². The van der Waals surface area contributed by atoms with Gasteiger partial charge in [-0.15, -0.1) is 16.7 Å². The highest BCUT2D eigenvalue weighted by Crippen LogP contribution is 2.41. The molecular weight excluding hydrogens is 413 g/mol. The Morgan fingerprint density at radius 3 is 3.04 bits per heavy atom. The fraction of sp³-hybridized carbons (Fsp3) is 0.353. The zero-order valence-electron chi connectivity index (χ0n) is 14.6. The minimum Gasteiger partial charge on any atom is -0.375 e. The number of rotatable bonds is 9. The van der Waals surface area contributed by atoms with Crippen LogP contribution in [0.5, 0.6) is 6.01 Å². The fourth-order valence-corrected chi connectivity index (χ4v) is 3.39. The van der Waals surface area contributed by atoms with Crippen LogP contribution in [0, 0.1) is 10.1 Å². The second-order valence-electron chi connectivity index (χ2n) is 5.91. The fourth-order valence-electron chi connectivity index (χ4n) is 2.84. The molecule has 0 amide bonds. The van der Waals surface area contributed by atoms with Crippen LogP contribution in [0.4, 0.5) is 0 Å². The monoisotopic (exact) mass is 429 g/mol. The molecule has 0 N–H and O–H groups in total. The number of hydrogen-bond donors (Lipinski definition) is 0. The van der Waals surface area contributed by atoms with Crippen molar-refractivity contribution >= 4 is 23.2 Å². The van der Waals surface area contributed by atoms with Crippen LogP contribution < -0.4 is 4.84 Å². The molecule has 1 aliphatic heterocycles. The van der Waals surface area contributed by atoms with E-state index in [2.05, 4.69) is 16.4 Å². The van der Waals surface area contributed by atoms with Gasteiger partial charge in [0.25, 0.3) is 6.01 Å².